The lowest BCUT2D eigenvalue weighted by molar-refractivity contribution is -0.124. The van der Waals surface area contributed by atoms with E-state index in [1.807, 2.05) is 12.1 Å². The van der Waals surface area contributed by atoms with Crippen LogP contribution in [0.5, 0.6) is 0 Å². The van der Waals surface area contributed by atoms with E-state index in [-0.39, 0.29) is 23.2 Å². The maximum Gasteiger partial charge on any atom is 0.228 e. The number of fused-ring (bicyclic) bond motifs is 1. The van der Waals surface area contributed by atoms with Gasteiger partial charge in [-0.05, 0) is 30.4 Å². The van der Waals surface area contributed by atoms with Crippen LogP contribution in [-0.4, -0.2) is 17.3 Å². The average molecular weight is 264 g/mol. The Kier molecular flexibility index (Phi) is 3.29. The van der Waals surface area contributed by atoms with Crippen LogP contribution in [0.2, 0.25) is 0 Å². The van der Waals surface area contributed by atoms with Crippen LogP contribution in [0.3, 0.4) is 0 Å². The van der Waals surface area contributed by atoms with Gasteiger partial charge < -0.3 is 5.32 Å². The van der Waals surface area contributed by atoms with Gasteiger partial charge in [0.15, 0.2) is 0 Å². The molecule has 1 aromatic rings. The molecule has 1 amide bonds. The van der Waals surface area contributed by atoms with Crippen molar-refractivity contribution in [1.29, 1.82) is 0 Å². The zero-order valence-corrected chi connectivity index (χ0v) is 11.1. The molecule has 0 bridgehead atoms. The van der Waals surface area contributed by atoms with Crippen LogP contribution >= 0.6 is 11.6 Å². The second-order valence-electron chi connectivity index (χ2n) is 5.37. The summed E-state index contributed by atoms with van der Waals surface area (Å²) in [6, 6.07) is 8.36. The average Bonchev–Trinajstić information content (AvgIpc) is 2.34. The molecule has 0 spiro atoms. The topological polar surface area (TPSA) is 29.1 Å². The largest absolute Gasteiger partial charge is 0.351 e. The summed E-state index contributed by atoms with van der Waals surface area (Å²) < 4.78 is 0. The normalized spacial score (nSPS) is 30.2. The van der Waals surface area contributed by atoms with Crippen LogP contribution in [0.15, 0.2) is 24.3 Å². The van der Waals surface area contributed by atoms with Crippen LogP contribution in [0, 0.1) is 0 Å². The Labute approximate surface area is 113 Å². The first-order valence-electron chi connectivity index (χ1n) is 6.78. The Morgan fingerprint density at radius 2 is 2.00 bits per heavy atom. The van der Waals surface area contributed by atoms with E-state index in [1.54, 1.807) is 0 Å². The molecule has 2 nitrogen and oxygen atoms in total. The van der Waals surface area contributed by atoms with Crippen molar-refractivity contribution in [2.75, 3.05) is 0 Å². The fraction of sp³-hybridized carbons (Fsp3) is 0.533. The van der Waals surface area contributed by atoms with Gasteiger partial charge in [0.1, 0.15) is 0 Å². The number of rotatable bonds is 2. The highest BCUT2D eigenvalue weighted by atomic mass is 35.5. The summed E-state index contributed by atoms with van der Waals surface area (Å²) >= 11 is 6.28. The minimum atomic E-state index is 0.0481. The van der Waals surface area contributed by atoms with Crippen LogP contribution < -0.4 is 5.32 Å². The van der Waals surface area contributed by atoms with Gasteiger partial charge in [-0.25, -0.2) is 0 Å². The standard InChI is InChI=1S/C15H18ClNO/c16-13-7-3-4-8-14(13)17-15(18)12-9-10-5-1-2-6-11(10)12/h1-2,5-6,12-14H,3-4,7-9H2,(H,17,18). The predicted molar refractivity (Wildman–Crippen MR) is 72.9 cm³/mol. The molecule has 0 heterocycles. The third-order valence-electron chi connectivity index (χ3n) is 4.18. The molecular formula is C15H18ClNO. The van der Waals surface area contributed by atoms with Crippen molar-refractivity contribution in [3.05, 3.63) is 35.4 Å². The van der Waals surface area contributed by atoms with Crippen LogP contribution in [0.1, 0.15) is 42.7 Å². The lowest BCUT2D eigenvalue weighted by Crippen LogP contribution is -2.46. The maximum atomic E-state index is 12.2. The Balaban J connectivity index is 1.63. The minimum Gasteiger partial charge on any atom is -0.351 e. The van der Waals surface area contributed by atoms with Gasteiger partial charge in [-0.3, -0.25) is 4.79 Å². The second-order valence-corrected chi connectivity index (χ2v) is 5.93. The zero-order valence-electron chi connectivity index (χ0n) is 10.4. The summed E-state index contributed by atoms with van der Waals surface area (Å²) in [6.07, 6.45) is 5.28. The number of alkyl halides is 1. The first-order chi connectivity index (χ1) is 8.75. The molecule has 96 valence electrons. The molecule has 1 fully saturated rings. The molecule has 0 aromatic heterocycles. The molecule has 1 aromatic carbocycles. The Morgan fingerprint density at radius 1 is 1.22 bits per heavy atom. The van der Waals surface area contributed by atoms with Gasteiger partial charge in [0.05, 0.1) is 11.3 Å². The SMILES string of the molecule is O=C(NC1CCCCC1Cl)C1Cc2ccccc21. The summed E-state index contributed by atoms with van der Waals surface area (Å²) in [4.78, 5) is 12.2. The van der Waals surface area contributed by atoms with Gasteiger partial charge in [0.2, 0.25) is 5.91 Å². The number of nitrogens with one attached hydrogen (secondary N) is 1. The third kappa shape index (κ3) is 2.14. The van der Waals surface area contributed by atoms with E-state index in [2.05, 4.69) is 17.4 Å². The first kappa shape index (κ1) is 12.0. The second kappa shape index (κ2) is 4.93. The number of carbonyl (C=O) groups excluding carboxylic acids is 1. The molecule has 0 saturated heterocycles. The van der Waals surface area contributed by atoms with Crippen LogP contribution in [-0.2, 0) is 11.2 Å². The van der Waals surface area contributed by atoms with Gasteiger partial charge >= 0.3 is 0 Å². The predicted octanol–water partition coefficient (Wildman–Crippen LogP) is 2.99. The Bertz CT molecular complexity index is 460. The quantitative estimate of drug-likeness (QED) is 0.817. The maximum absolute atomic E-state index is 12.2. The Morgan fingerprint density at radius 3 is 2.78 bits per heavy atom. The van der Waals surface area contributed by atoms with Crippen molar-refractivity contribution >= 4 is 17.5 Å². The summed E-state index contributed by atoms with van der Waals surface area (Å²) in [6.45, 7) is 0. The number of carbonyl (C=O) groups is 1. The number of halogens is 1. The number of hydrogen-bond donors (Lipinski definition) is 1. The molecule has 18 heavy (non-hydrogen) atoms. The van der Waals surface area contributed by atoms with Gasteiger partial charge in [-0.15, -0.1) is 11.6 Å². The lowest BCUT2D eigenvalue weighted by Gasteiger charge is -2.33. The van der Waals surface area contributed by atoms with Gasteiger partial charge in [-0.1, -0.05) is 37.1 Å². The first-order valence-corrected chi connectivity index (χ1v) is 7.21. The van der Waals surface area contributed by atoms with Crippen molar-refractivity contribution in [3.8, 4) is 0 Å². The molecule has 2 aliphatic rings. The van der Waals surface area contributed by atoms with Gasteiger partial charge in [0.25, 0.3) is 0 Å². The van der Waals surface area contributed by atoms with E-state index in [1.165, 1.54) is 24.0 Å². The molecule has 1 N–H and O–H groups in total. The smallest absolute Gasteiger partial charge is 0.228 e. The summed E-state index contributed by atoms with van der Waals surface area (Å²) in [5.74, 6) is 0.207. The summed E-state index contributed by atoms with van der Waals surface area (Å²) in [7, 11) is 0. The monoisotopic (exact) mass is 263 g/mol. The van der Waals surface area contributed by atoms with E-state index in [0.717, 1.165) is 19.3 Å². The number of benzene rings is 1. The zero-order chi connectivity index (χ0) is 12.5. The van der Waals surface area contributed by atoms with E-state index in [0.29, 0.717) is 0 Å². The molecule has 3 heteroatoms. The van der Waals surface area contributed by atoms with Crippen molar-refractivity contribution in [2.45, 2.75) is 49.4 Å². The molecule has 0 radical (unpaired) electrons. The number of amides is 1. The molecule has 0 aliphatic heterocycles. The summed E-state index contributed by atoms with van der Waals surface area (Å²) in [5, 5.41) is 3.25. The Hall–Kier alpha value is -1.02. The highest BCUT2D eigenvalue weighted by Crippen LogP contribution is 2.35. The van der Waals surface area contributed by atoms with Crippen molar-refractivity contribution < 1.29 is 4.79 Å². The molecule has 1 saturated carbocycles. The molecule has 3 rings (SSSR count). The van der Waals surface area contributed by atoms with E-state index < -0.39 is 0 Å². The molecule has 3 atom stereocenters. The molecular weight excluding hydrogens is 246 g/mol. The molecule has 3 unspecified atom stereocenters. The van der Waals surface area contributed by atoms with E-state index in [9.17, 15) is 4.79 Å². The van der Waals surface area contributed by atoms with Crippen molar-refractivity contribution in [2.24, 2.45) is 0 Å². The lowest BCUT2D eigenvalue weighted by atomic mass is 9.77. The van der Waals surface area contributed by atoms with E-state index >= 15 is 0 Å². The third-order valence-corrected chi connectivity index (χ3v) is 4.70. The van der Waals surface area contributed by atoms with Gasteiger partial charge in [-0.2, -0.15) is 0 Å². The van der Waals surface area contributed by atoms with Gasteiger partial charge in [0, 0.05) is 6.04 Å². The van der Waals surface area contributed by atoms with Crippen LogP contribution in [0.25, 0.3) is 0 Å². The number of hydrogen-bond acceptors (Lipinski definition) is 1. The fourth-order valence-electron chi connectivity index (χ4n) is 3.02. The minimum absolute atomic E-state index is 0.0481. The van der Waals surface area contributed by atoms with Crippen molar-refractivity contribution in [3.63, 3.8) is 0 Å². The molecule has 2 aliphatic carbocycles. The van der Waals surface area contributed by atoms with E-state index in [4.69, 9.17) is 11.6 Å². The van der Waals surface area contributed by atoms with Crippen LogP contribution in [0.4, 0.5) is 0 Å². The highest BCUT2D eigenvalue weighted by molar-refractivity contribution is 6.21. The highest BCUT2D eigenvalue weighted by Gasteiger charge is 2.34. The van der Waals surface area contributed by atoms with Crippen molar-refractivity contribution in [1.82, 2.24) is 5.32 Å². The summed E-state index contributed by atoms with van der Waals surface area (Å²) in [5.41, 5.74) is 2.50. The fourth-order valence-corrected chi connectivity index (χ4v) is 3.37.